The highest BCUT2D eigenvalue weighted by molar-refractivity contribution is 5.99. The third-order valence-corrected chi connectivity index (χ3v) is 6.88. The van der Waals surface area contributed by atoms with Gasteiger partial charge in [0, 0.05) is 41.4 Å². The molecule has 3 N–H and O–H groups in total. The Bertz CT molecular complexity index is 1630. The molecule has 0 bridgehead atoms. The van der Waals surface area contributed by atoms with E-state index in [1.54, 1.807) is 55.6 Å². The van der Waals surface area contributed by atoms with Crippen LogP contribution in [0.3, 0.4) is 0 Å². The molecular formula is C31H25F3N4O2. The van der Waals surface area contributed by atoms with E-state index >= 15 is 0 Å². The van der Waals surface area contributed by atoms with Gasteiger partial charge in [0.05, 0.1) is 17.4 Å². The third kappa shape index (κ3) is 5.78. The van der Waals surface area contributed by atoms with Crippen LogP contribution in [0.25, 0.3) is 11.1 Å². The summed E-state index contributed by atoms with van der Waals surface area (Å²) >= 11 is 0. The molecule has 0 radical (unpaired) electrons. The molecule has 40 heavy (non-hydrogen) atoms. The Balaban J connectivity index is 1.50. The molecule has 202 valence electrons. The van der Waals surface area contributed by atoms with E-state index in [-0.39, 0.29) is 18.7 Å². The molecule has 1 aliphatic heterocycles. The molecule has 0 fully saturated rings. The van der Waals surface area contributed by atoms with Crippen molar-refractivity contribution in [2.24, 2.45) is 10.7 Å². The first-order valence-electron chi connectivity index (χ1n) is 12.6. The van der Waals surface area contributed by atoms with Crippen molar-refractivity contribution >= 4 is 23.2 Å². The summed E-state index contributed by atoms with van der Waals surface area (Å²) in [5.74, 6) is -3.30. The number of amides is 2. The number of carbonyl (C=O) groups excluding carboxylic acids is 2. The van der Waals surface area contributed by atoms with E-state index in [1.807, 2.05) is 0 Å². The smallest absolute Gasteiger partial charge is 0.248 e. The van der Waals surface area contributed by atoms with Gasteiger partial charge < -0.3 is 11.1 Å². The molecule has 1 aliphatic rings. The van der Waals surface area contributed by atoms with Gasteiger partial charge in [-0.25, -0.2) is 13.2 Å². The summed E-state index contributed by atoms with van der Waals surface area (Å²) in [7, 11) is 0. The van der Waals surface area contributed by atoms with E-state index in [4.69, 9.17) is 5.73 Å². The number of nitrogens with two attached hydrogens (primary N) is 1. The maximum Gasteiger partial charge on any atom is 0.248 e. The molecule has 0 saturated carbocycles. The minimum Gasteiger partial charge on any atom is -0.366 e. The van der Waals surface area contributed by atoms with Gasteiger partial charge in [-0.05, 0) is 78.6 Å². The van der Waals surface area contributed by atoms with Crippen molar-refractivity contribution in [2.75, 3.05) is 0 Å². The number of hydrogen-bond acceptors (Lipinski definition) is 4. The van der Waals surface area contributed by atoms with Crippen LogP contribution in [0.4, 0.5) is 18.9 Å². The second-order valence-electron chi connectivity index (χ2n) is 9.70. The van der Waals surface area contributed by atoms with Gasteiger partial charge in [0.1, 0.15) is 17.5 Å². The lowest BCUT2D eigenvalue weighted by molar-refractivity contribution is -0.122. The summed E-state index contributed by atoms with van der Waals surface area (Å²) in [5.41, 5.74) is 9.68. The third-order valence-electron chi connectivity index (χ3n) is 6.88. The molecule has 1 aromatic heterocycles. The predicted octanol–water partition coefficient (Wildman–Crippen LogP) is 5.94. The van der Waals surface area contributed by atoms with Gasteiger partial charge in [0.25, 0.3) is 0 Å². The van der Waals surface area contributed by atoms with E-state index in [0.717, 1.165) is 6.07 Å². The molecule has 0 spiro atoms. The highest BCUT2D eigenvalue weighted by Crippen LogP contribution is 2.38. The number of primary amides is 1. The minimum absolute atomic E-state index is 0.0148. The number of benzene rings is 3. The van der Waals surface area contributed by atoms with Gasteiger partial charge in [-0.1, -0.05) is 18.2 Å². The number of rotatable bonds is 8. The number of carbonyl (C=O) groups is 2. The lowest BCUT2D eigenvalue weighted by Gasteiger charge is -2.23. The number of fused-ring (bicyclic) bond motifs is 1. The van der Waals surface area contributed by atoms with Gasteiger partial charge >= 0.3 is 0 Å². The summed E-state index contributed by atoms with van der Waals surface area (Å²) in [4.78, 5) is 34.2. The fraction of sp³-hybridized carbons (Fsp3) is 0.161. The highest BCUT2D eigenvalue weighted by atomic mass is 19.1. The molecule has 2 amide bonds. The number of nitrogens with zero attached hydrogens (tertiary/aromatic N) is 2. The van der Waals surface area contributed by atoms with Gasteiger partial charge in [0.15, 0.2) is 0 Å². The van der Waals surface area contributed by atoms with Crippen LogP contribution in [-0.4, -0.2) is 22.5 Å². The Morgan fingerprint density at radius 1 is 0.950 bits per heavy atom. The largest absolute Gasteiger partial charge is 0.366 e. The molecule has 2 heterocycles. The lowest BCUT2D eigenvalue weighted by atomic mass is 9.91. The molecular weight excluding hydrogens is 517 g/mol. The minimum atomic E-state index is -0.798. The average Bonchev–Trinajstić information content (AvgIpc) is 3.21. The number of pyridine rings is 1. The Labute approximate surface area is 228 Å². The van der Waals surface area contributed by atoms with Crippen LogP contribution in [-0.2, 0) is 11.2 Å². The first-order chi connectivity index (χ1) is 19.2. The van der Waals surface area contributed by atoms with Gasteiger partial charge in [-0.3, -0.25) is 19.6 Å². The van der Waals surface area contributed by atoms with Gasteiger partial charge in [-0.15, -0.1) is 0 Å². The lowest BCUT2D eigenvalue weighted by Crippen LogP contribution is -2.32. The fourth-order valence-corrected chi connectivity index (χ4v) is 5.06. The monoisotopic (exact) mass is 542 g/mol. The summed E-state index contributed by atoms with van der Waals surface area (Å²) in [6, 6.07) is 16.8. The van der Waals surface area contributed by atoms with Crippen molar-refractivity contribution in [3.05, 3.63) is 119 Å². The van der Waals surface area contributed by atoms with Crippen molar-refractivity contribution in [3.63, 3.8) is 0 Å². The quantitative estimate of drug-likeness (QED) is 0.288. The maximum atomic E-state index is 14.1. The molecule has 2 atom stereocenters. The van der Waals surface area contributed by atoms with Crippen LogP contribution in [0.1, 0.15) is 52.5 Å². The van der Waals surface area contributed by atoms with Crippen LogP contribution in [0.15, 0.2) is 84.0 Å². The highest BCUT2D eigenvalue weighted by Gasteiger charge is 2.29. The molecule has 3 aromatic carbocycles. The van der Waals surface area contributed by atoms with E-state index in [0.29, 0.717) is 44.9 Å². The molecule has 5 rings (SSSR count). The SMILES string of the molecule is CC1=Nc2ccc(F)cc2C1CC(=O)N[C@@H](Cc1cc(F)cc(F)c1)c1ncccc1-c1cccc(C(N)=O)c1. The Kier molecular flexibility index (Phi) is 7.46. The van der Waals surface area contributed by atoms with Crippen molar-refractivity contribution in [2.45, 2.75) is 31.7 Å². The van der Waals surface area contributed by atoms with Crippen molar-refractivity contribution in [3.8, 4) is 11.1 Å². The summed E-state index contributed by atoms with van der Waals surface area (Å²) in [5, 5.41) is 2.97. The Morgan fingerprint density at radius 3 is 2.48 bits per heavy atom. The zero-order valence-electron chi connectivity index (χ0n) is 21.5. The van der Waals surface area contributed by atoms with Crippen LogP contribution >= 0.6 is 0 Å². The Hall–Kier alpha value is -4.79. The second-order valence-corrected chi connectivity index (χ2v) is 9.70. The fourth-order valence-electron chi connectivity index (χ4n) is 5.06. The van der Waals surface area contributed by atoms with Gasteiger partial charge in [-0.2, -0.15) is 0 Å². The molecule has 0 saturated heterocycles. The van der Waals surface area contributed by atoms with Crippen LogP contribution < -0.4 is 11.1 Å². The number of halogens is 3. The predicted molar refractivity (Wildman–Crippen MR) is 146 cm³/mol. The van der Waals surface area contributed by atoms with Crippen molar-refractivity contribution in [1.82, 2.24) is 10.3 Å². The molecule has 4 aromatic rings. The molecule has 9 heteroatoms. The average molecular weight is 543 g/mol. The number of aliphatic imine (C=N–C) groups is 1. The van der Waals surface area contributed by atoms with Crippen LogP contribution in [0.5, 0.6) is 0 Å². The zero-order valence-corrected chi connectivity index (χ0v) is 21.5. The normalized spacial score (nSPS) is 14.8. The van der Waals surface area contributed by atoms with Crippen molar-refractivity contribution < 1.29 is 22.8 Å². The first-order valence-corrected chi connectivity index (χ1v) is 12.6. The summed E-state index contributed by atoms with van der Waals surface area (Å²) < 4.78 is 42.1. The van der Waals surface area contributed by atoms with E-state index < -0.39 is 35.3 Å². The number of hydrogen-bond donors (Lipinski definition) is 2. The maximum absolute atomic E-state index is 14.1. The number of nitrogens with one attached hydrogen (secondary N) is 1. The van der Waals surface area contributed by atoms with Crippen LogP contribution in [0, 0.1) is 17.5 Å². The van der Waals surface area contributed by atoms with E-state index in [2.05, 4.69) is 15.3 Å². The molecule has 6 nitrogen and oxygen atoms in total. The van der Waals surface area contributed by atoms with E-state index in [1.165, 1.54) is 24.3 Å². The summed E-state index contributed by atoms with van der Waals surface area (Å²) in [6.45, 7) is 1.78. The molecule has 1 unspecified atom stereocenters. The standard InChI is InChI=1S/C31H25F3N4O2/c1-17-25(26-15-21(32)7-8-27(26)37-17)16-29(39)38-28(12-18-10-22(33)14-23(34)11-18)30-24(6-3-9-36-30)19-4-2-5-20(13-19)31(35)40/h2-11,13-15,25,28H,12,16H2,1H3,(H2,35,40)(H,38,39)/t25?,28-/m0/s1. The van der Waals surface area contributed by atoms with Crippen molar-refractivity contribution in [1.29, 1.82) is 0 Å². The second kappa shape index (κ2) is 11.1. The number of aromatic nitrogens is 1. The zero-order chi connectivity index (χ0) is 28.4. The summed E-state index contributed by atoms with van der Waals surface area (Å²) in [6.07, 6.45) is 1.57. The van der Waals surface area contributed by atoms with Gasteiger partial charge in [0.2, 0.25) is 11.8 Å². The Morgan fingerprint density at radius 2 is 1.73 bits per heavy atom. The topological polar surface area (TPSA) is 97.4 Å². The van der Waals surface area contributed by atoms with Crippen LogP contribution in [0.2, 0.25) is 0 Å². The first kappa shape index (κ1) is 26.8. The molecule has 0 aliphatic carbocycles. The van der Waals surface area contributed by atoms with E-state index in [9.17, 15) is 22.8 Å².